The Morgan fingerprint density at radius 2 is 1.94 bits per heavy atom. The summed E-state index contributed by atoms with van der Waals surface area (Å²) in [6.45, 7) is 2.86. The normalized spacial score (nSPS) is 13.3. The molecule has 8 heteroatoms. The van der Waals surface area contributed by atoms with Crippen LogP contribution in [0.3, 0.4) is 0 Å². The van der Waals surface area contributed by atoms with E-state index in [9.17, 15) is 4.79 Å². The zero-order valence-electron chi connectivity index (χ0n) is 18.1. The van der Waals surface area contributed by atoms with Gasteiger partial charge in [-0.15, -0.1) is 0 Å². The van der Waals surface area contributed by atoms with Gasteiger partial charge in [0.1, 0.15) is 17.0 Å². The molecule has 8 nitrogen and oxygen atoms in total. The van der Waals surface area contributed by atoms with Crippen molar-refractivity contribution >= 4 is 17.1 Å². The summed E-state index contributed by atoms with van der Waals surface area (Å²) in [5.41, 5.74) is 2.69. The number of hydrogen-bond donors (Lipinski definition) is 1. The summed E-state index contributed by atoms with van der Waals surface area (Å²) < 4.78 is 14.3. The smallest absolute Gasteiger partial charge is 0.335 e. The maximum Gasteiger partial charge on any atom is 0.335 e. The first kappa shape index (κ1) is 20.1. The minimum absolute atomic E-state index is 0.186. The molecular weight excluding hydrogens is 406 g/mol. The summed E-state index contributed by atoms with van der Waals surface area (Å²) in [5.74, 6) is 1.99. The maximum atomic E-state index is 13.6. The predicted molar refractivity (Wildman–Crippen MR) is 123 cm³/mol. The molecule has 2 aromatic heterocycles. The van der Waals surface area contributed by atoms with Crippen LogP contribution in [0.15, 0.2) is 59.5 Å². The van der Waals surface area contributed by atoms with Gasteiger partial charge in [0, 0.05) is 12.1 Å². The molecule has 1 saturated carbocycles. The predicted octanol–water partition coefficient (Wildman–Crippen LogP) is 3.61. The second-order valence-electron chi connectivity index (χ2n) is 7.81. The topological polar surface area (TPSA) is 83.2 Å². The van der Waals surface area contributed by atoms with Gasteiger partial charge >= 0.3 is 5.69 Å². The SMILES string of the molecule is CCOc1cccc(-n2c(=O)n(Cc3cccc(OC)c3)c3cnc(NC4CC4)nc32)c1. The number of hydrogen-bond acceptors (Lipinski definition) is 6. The van der Waals surface area contributed by atoms with Gasteiger partial charge in [-0.1, -0.05) is 18.2 Å². The summed E-state index contributed by atoms with van der Waals surface area (Å²) in [5, 5.41) is 3.32. The van der Waals surface area contributed by atoms with Gasteiger partial charge in [0.15, 0.2) is 5.65 Å². The Bertz CT molecular complexity index is 1320. The van der Waals surface area contributed by atoms with Crippen LogP contribution in [-0.4, -0.2) is 38.9 Å². The molecule has 0 bridgehead atoms. The minimum Gasteiger partial charge on any atom is -0.497 e. The van der Waals surface area contributed by atoms with Gasteiger partial charge in [0.25, 0.3) is 0 Å². The molecule has 0 unspecified atom stereocenters. The number of imidazole rings is 1. The maximum absolute atomic E-state index is 13.6. The van der Waals surface area contributed by atoms with Crippen molar-refractivity contribution in [2.45, 2.75) is 32.4 Å². The van der Waals surface area contributed by atoms with E-state index >= 15 is 0 Å². The molecule has 2 aromatic carbocycles. The highest BCUT2D eigenvalue weighted by molar-refractivity contribution is 5.74. The second-order valence-corrected chi connectivity index (χ2v) is 7.81. The van der Waals surface area contributed by atoms with E-state index < -0.39 is 0 Å². The zero-order valence-corrected chi connectivity index (χ0v) is 18.1. The van der Waals surface area contributed by atoms with Crippen molar-refractivity contribution in [3.8, 4) is 17.2 Å². The Morgan fingerprint density at radius 3 is 2.72 bits per heavy atom. The Labute approximate surface area is 185 Å². The monoisotopic (exact) mass is 431 g/mol. The molecule has 0 saturated heterocycles. The van der Waals surface area contributed by atoms with Crippen LogP contribution in [0.2, 0.25) is 0 Å². The Hall–Kier alpha value is -3.81. The summed E-state index contributed by atoms with van der Waals surface area (Å²) in [6, 6.07) is 15.6. The van der Waals surface area contributed by atoms with Gasteiger partial charge < -0.3 is 14.8 Å². The van der Waals surface area contributed by atoms with Gasteiger partial charge in [-0.2, -0.15) is 4.98 Å². The van der Waals surface area contributed by atoms with Crippen molar-refractivity contribution in [3.63, 3.8) is 0 Å². The molecule has 0 radical (unpaired) electrons. The lowest BCUT2D eigenvalue weighted by Gasteiger charge is -2.07. The first-order chi connectivity index (χ1) is 15.7. The van der Waals surface area contributed by atoms with E-state index in [1.165, 1.54) is 0 Å². The van der Waals surface area contributed by atoms with E-state index in [2.05, 4.69) is 10.3 Å². The number of fused-ring (bicyclic) bond motifs is 1. The summed E-state index contributed by atoms with van der Waals surface area (Å²) in [4.78, 5) is 22.8. The van der Waals surface area contributed by atoms with Gasteiger partial charge in [0.2, 0.25) is 5.95 Å². The zero-order chi connectivity index (χ0) is 22.1. The molecular formula is C24H25N5O3. The number of aromatic nitrogens is 4. The van der Waals surface area contributed by atoms with Gasteiger partial charge in [-0.05, 0) is 49.6 Å². The van der Waals surface area contributed by atoms with Gasteiger partial charge in [-0.25, -0.2) is 14.3 Å². The number of nitrogens with zero attached hydrogens (tertiary/aromatic N) is 4. The summed E-state index contributed by atoms with van der Waals surface area (Å²) in [7, 11) is 1.63. The summed E-state index contributed by atoms with van der Waals surface area (Å²) >= 11 is 0. The molecule has 32 heavy (non-hydrogen) atoms. The van der Waals surface area contributed by atoms with Crippen LogP contribution in [0.25, 0.3) is 16.9 Å². The number of nitrogens with one attached hydrogen (secondary N) is 1. The molecule has 2 heterocycles. The third-order valence-corrected chi connectivity index (χ3v) is 5.45. The van der Waals surface area contributed by atoms with E-state index in [1.54, 1.807) is 22.4 Å². The van der Waals surface area contributed by atoms with Gasteiger partial charge in [0.05, 0.1) is 32.1 Å². The molecule has 0 amide bonds. The molecule has 0 atom stereocenters. The fourth-order valence-electron chi connectivity index (χ4n) is 3.73. The molecule has 164 valence electrons. The highest BCUT2D eigenvalue weighted by Crippen LogP contribution is 2.25. The highest BCUT2D eigenvalue weighted by Gasteiger charge is 2.23. The molecule has 4 aromatic rings. The van der Waals surface area contributed by atoms with Crippen molar-refractivity contribution in [3.05, 3.63) is 70.8 Å². The van der Waals surface area contributed by atoms with Crippen molar-refractivity contribution in [1.82, 2.24) is 19.1 Å². The van der Waals surface area contributed by atoms with Gasteiger partial charge in [-0.3, -0.25) is 4.57 Å². The Morgan fingerprint density at radius 1 is 1.12 bits per heavy atom. The minimum atomic E-state index is -0.186. The van der Waals surface area contributed by atoms with Crippen LogP contribution in [-0.2, 0) is 6.54 Å². The highest BCUT2D eigenvalue weighted by atomic mass is 16.5. The summed E-state index contributed by atoms with van der Waals surface area (Å²) in [6.07, 6.45) is 3.94. The average molecular weight is 431 g/mol. The van der Waals surface area contributed by atoms with Crippen LogP contribution < -0.4 is 20.5 Å². The lowest BCUT2D eigenvalue weighted by atomic mass is 10.2. The number of anilines is 1. The molecule has 0 aliphatic heterocycles. The van der Waals surface area contributed by atoms with E-state index in [4.69, 9.17) is 14.5 Å². The van der Waals surface area contributed by atoms with Crippen molar-refractivity contribution in [2.75, 3.05) is 19.0 Å². The fraction of sp³-hybridized carbons (Fsp3) is 0.292. The van der Waals surface area contributed by atoms with E-state index in [0.29, 0.717) is 47.7 Å². The van der Waals surface area contributed by atoms with E-state index in [0.717, 1.165) is 24.2 Å². The first-order valence-corrected chi connectivity index (χ1v) is 10.8. The van der Waals surface area contributed by atoms with Crippen molar-refractivity contribution in [2.24, 2.45) is 0 Å². The number of ether oxygens (including phenoxy) is 2. The quantitative estimate of drug-likeness (QED) is 0.459. The van der Waals surface area contributed by atoms with Crippen LogP contribution in [0.1, 0.15) is 25.3 Å². The molecule has 1 aliphatic rings. The first-order valence-electron chi connectivity index (χ1n) is 10.8. The lowest BCUT2D eigenvalue weighted by molar-refractivity contribution is 0.340. The molecule has 1 N–H and O–H groups in total. The molecule has 1 fully saturated rings. The third-order valence-electron chi connectivity index (χ3n) is 5.45. The van der Waals surface area contributed by atoms with Crippen LogP contribution in [0.4, 0.5) is 5.95 Å². The number of rotatable bonds is 8. The standard InChI is InChI=1S/C24H25N5O3/c1-3-32-20-9-5-7-18(13-20)29-22-21(14-25-23(27-22)26-17-10-11-17)28(24(29)30)15-16-6-4-8-19(12-16)31-2/h4-9,12-14,17H,3,10-11,15H2,1-2H3,(H,25,26,27). The van der Waals surface area contributed by atoms with E-state index in [1.807, 2.05) is 55.5 Å². The van der Waals surface area contributed by atoms with E-state index in [-0.39, 0.29) is 5.69 Å². The average Bonchev–Trinajstić information content (AvgIpc) is 3.58. The Balaban J connectivity index is 1.66. The third kappa shape index (κ3) is 3.91. The van der Waals surface area contributed by atoms with Crippen LogP contribution >= 0.6 is 0 Å². The molecule has 1 aliphatic carbocycles. The van der Waals surface area contributed by atoms with Crippen molar-refractivity contribution in [1.29, 1.82) is 0 Å². The van der Waals surface area contributed by atoms with Crippen LogP contribution in [0.5, 0.6) is 11.5 Å². The second kappa shape index (κ2) is 8.37. The van der Waals surface area contributed by atoms with Crippen molar-refractivity contribution < 1.29 is 9.47 Å². The largest absolute Gasteiger partial charge is 0.497 e. The van der Waals surface area contributed by atoms with Crippen LogP contribution in [0, 0.1) is 0 Å². The molecule has 5 rings (SSSR count). The number of benzene rings is 2. The fourth-order valence-corrected chi connectivity index (χ4v) is 3.73. The molecule has 0 spiro atoms. The lowest BCUT2D eigenvalue weighted by Crippen LogP contribution is -2.23. The number of methoxy groups -OCH3 is 1. The Kier molecular flexibility index (Phi) is 5.26.